The van der Waals surface area contributed by atoms with Crippen LogP contribution >= 0.6 is 24.0 Å². The minimum Gasteiger partial charge on any atom is -0.378 e. The van der Waals surface area contributed by atoms with Gasteiger partial charge in [-0.3, -0.25) is 4.99 Å². The molecule has 0 aliphatic heterocycles. The first-order valence-electron chi connectivity index (χ1n) is 9.54. The maximum atomic E-state index is 5.79. The van der Waals surface area contributed by atoms with E-state index >= 15 is 0 Å². The second-order valence-corrected chi connectivity index (χ2v) is 6.75. The third-order valence-electron chi connectivity index (χ3n) is 4.54. The van der Waals surface area contributed by atoms with Crippen LogP contribution in [0.15, 0.2) is 29.3 Å². The van der Waals surface area contributed by atoms with Gasteiger partial charge in [-0.25, -0.2) is 4.98 Å². The van der Waals surface area contributed by atoms with Crippen molar-refractivity contribution in [2.24, 2.45) is 10.9 Å². The van der Waals surface area contributed by atoms with Gasteiger partial charge in [0.15, 0.2) is 5.96 Å². The van der Waals surface area contributed by atoms with Gasteiger partial charge in [-0.05, 0) is 38.3 Å². The standard InChI is InChI=1S/C20H33N5O.HI/c1-6-26-19(15(2)3)11-12-22-20(21-5)23-13-14-25-16(4)24-17-9-7-8-10-18(17)25;/h7-10,15,19H,6,11-14H2,1-5H3,(H2,21,22,23);1H. The Bertz CT molecular complexity index is 713. The fourth-order valence-corrected chi connectivity index (χ4v) is 3.14. The van der Waals surface area contributed by atoms with E-state index in [4.69, 9.17) is 4.74 Å². The Morgan fingerprint density at radius 1 is 1.22 bits per heavy atom. The summed E-state index contributed by atoms with van der Waals surface area (Å²) >= 11 is 0. The number of hydrogen-bond acceptors (Lipinski definition) is 3. The summed E-state index contributed by atoms with van der Waals surface area (Å²) in [6, 6.07) is 8.24. The van der Waals surface area contributed by atoms with Crippen molar-refractivity contribution in [2.75, 3.05) is 26.7 Å². The molecule has 152 valence electrons. The fraction of sp³-hybridized carbons (Fsp3) is 0.600. The maximum Gasteiger partial charge on any atom is 0.191 e. The van der Waals surface area contributed by atoms with Crippen LogP contribution in [0.1, 0.15) is 33.0 Å². The van der Waals surface area contributed by atoms with E-state index in [2.05, 4.69) is 57.2 Å². The highest BCUT2D eigenvalue weighted by Gasteiger charge is 2.13. The number of nitrogens with zero attached hydrogens (tertiary/aromatic N) is 3. The molecule has 0 fully saturated rings. The molecule has 2 aromatic rings. The van der Waals surface area contributed by atoms with Crippen molar-refractivity contribution >= 4 is 41.0 Å². The first kappa shape index (κ1) is 23.7. The third-order valence-corrected chi connectivity index (χ3v) is 4.54. The number of fused-ring (bicyclic) bond motifs is 1. The number of guanidine groups is 1. The molecule has 0 radical (unpaired) electrons. The van der Waals surface area contributed by atoms with Gasteiger partial charge < -0.3 is 19.9 Å². The van der Waals surface area contributed by atoms with Crippen LogP contribution in [0.5, 0.6) is 0 Å². The Morgan fingerprint density at radius 2 is 1.93 bits per heavy atom. The summed E-state index contributed by atoms with van der Waals surface area (Å²) in [4.78, 5) is 8.92. The van der Waals surface area contributed by atoms with E-state index < -0.39 is 0 Å². The molecule has 1 aromatic heterocycles. The number of halogens is 1. The van der Waals surface area contributed by atoms with Gasteiger partial charge in [0.05, 0.1) is 17.1 Å². The number of ether oxygens (including phenoxy) is 1. The van der Waals surface area contributed by atoms with Gasteiger partial charge >= 0.3 is 0 Å². The SMILES string of the molecule is CCOC(CCNC(=NC)NCCn1c(C)nc2ccccc21)C(C)C.I. The summed E-state index contributed by atoms with van der Waals surface area (Å²) in [5.74, 6) is 2.38. The highest BCUT2D eigenvalue weighted by atomic mass is 127. The Balaban J connectivity index is 0.00000364. The highest BCUT2D eigenvalue weighted by Crippen LogP contribution is 2.14. The largest absolute Gasteiger partial charge is 0.378 e. The first-order valence-corrected chi connectivity index (χ1v) is 9.54. The zero-order valence-corrected chi connectivity index (χ0v) is 19.5. The molecular weight excluding hydrogens is 453 g/mol. The molecule has 0 aliphatic rings. The van der Waals surface area contributed by atoms with Crippen molar-refractivity contribution in [3.05, 3.63) is 30.1 Å². The molecule has 6 nitrogen and oxygen atoms in total. The van der Waals surface area contributed by atoms with Crippen LogP contribution in [-0.4, -0.2) is 48.4 Å². The van der Waals surface area contributed by atoms with E-state index in [0.717, 1.165) is 50.0 Å². The molecule has 1 aromatic carbocycles. The van der Waals surface area contributed by atoms with Crippen molar-refractivity contribution in [1.82, 2.24) is 20.2 Å². The van der Waals surface area contributed by atoms with Gasteiger partial charge in [0.2, 0.25) is 0 Å². The number of aromatic nitrogens is 2. The van der Waals surface area contributed by atoms with Crippen LogP contribution in [0.3, 0.4) is 0 Å². The zero-order chi connectivity index (χ0) is 18.9. The van der Waals surface area contributed by atoms with Crippen LogP contribution in [0.2, 0.25) is 0 Å². The summed E-state index contributed by atoms with van der Waals surface area (Å²) < 4.78 is 8.03. The van der Waals surface area contributed by atoms with Crippen LogP contribution in [-0.2, 0) is 11.3 Å². The molecule has 7 heteroatoms. The van der Waals surface area contributed by atoms with Gasteiger partial charge in [0, 0.05) is 33.3 Å². The number of aryl methyl sites for hydroxylation is 1. The molecule has 2 N–H and O–H groups in total. The Kier molecular flexibility index (Phi) is 10.7. The van der Waals surface area contributed by atoms with Crippen LogP contribution < -0.4 is 10.6 Å². The predicted molar refractivity (Wildman–Crippen MR) is 124 cm³/mol. The lowest BCUT2D eigenvalue weighted by molar-refractivity contribution is 0.0258. The molecule has 0 bridgehead atoms. The molecule has 0 aliphatic carbocycles. The Labute approximate surface area is 180 Å². The lowest BCUT2D eigenvalue weighted by atomic mass is 10.0. The summed E-state index contributed by atoms with van der Waals surface area (Å²) in [5.41, 5.74) is 2.22. The molecule has 2 rings (SSSR count). The quantitative estimate of drug-likeness (QED) is 0.323. The Morgan fingerprint density at radius 3 is 2.59 bits per heavy atom. The van der Waals surface area contributed by atoms with Gasteiger partial charge in [-0.15, -0.1) is 24.0 Å². The Hall–Kier alpha value is -1.35. The molecule has 1 heterocycles. The summed E-state index contributed by atoms with van der Waals surface area (Å²) in [6.07, 6.45) is 1.25. The number of imidazole rings is 1. The highest BCUT2D eigenvalue weighted by molar-refractivity contribution is 14.0. The average molecular weight is 487 g/mol. The topological polar surface area (TPSA) is 63.5 Å². The van der Waals surface area contributed by atoms with Crippen molar-refractivity contribution in [2.45, 2.75) is 46.8 Å². The normalized spacial score (nSPS) is 12.9. The van der Waals surface area contributed by atoms with Crippen LogP contribution in [0.4, 0.5) is 0 Å². The molecule has 0 saturated heterocycles. The minimum atomic E-state index is 0. The smallest absolute Gasteiger partial charge is 0.191 e. The van der Waals surface area contributed by atoms with Gasteiger partial charge in [0.1, 0.15) is 5.82 Å². The molecular formula is C20H34IN5O. The second kappa shape index (κ2) is 12.2. The van der Waals surface area contributed by atoms with Crippen molar-refractivity contribution < 1.29 is 4.74 Å². The lowest BCUT2D eigenvalue weighted by Gasteiger charge is -2.21. The summed E-state index contributed by atoms with van der Waals surface area (Å²) in [6.45, 7) is 11.7. The summed E-state index contributed by atoms with van der Waals surface area (Å²) in [7, 11) is 1.80. The second-order valence-electron chi connectivity index (χ2n) is 6.75. The fourth-order valence-electron chi connectivity index (χ4n) is 3.14. The van der Waals surface area contributed by atoms with E-state index in [1.54, 1.807) is 7.05 Å². The van der Waals surface area contributed by atoms with Gasteiger partial charge in [-0.1, -0.05) is 26.0 Å². The lowest BCUT2D eigenvalue weighted by Crippen LogP contribution is -2.40. The van der Waals surface area contributed by atoms with Gasteiger partial charge in [-0.2, -0.15) is 0 Å². The van der Waals surface area contributed by atoms with Crippen molar-refractivity contribution in [1.29, 1.82) is 0 Å². The number of benzene rings is 1. The van der Waals surface area contributed by atoms with E-state index in [-0.39, 0.29) is 30.1 Å². The van der Waals surface area contributed by atoms with Crippen molar-refractivity contribution in [3.63, 3.8) is 0 Å². The van der Waals surface area contributed by atoms with Crippen molar-refractivity contribution in [3.8, 4) is 0 Å². The maximum absolute atomic E-state index is 5.79. The number of aliphatic imine (C=N–C) groups is 1. The molecule has 1 atom stereocenters. The van der Waals surface area contributed by atoms with E-state index in [1.165, 1.54) is 5.52 Å². The van der Waals surface area contributed by atoms with E-state index in [0.29, 0.717) is 5.92 Å². The van der Waals surface area contributed by atoms with E-state index in [9.17, 15) is 0 Å². The molecule has 0 amide bonds. The first-order chi connectivity index (χ1) is 12.6. The van der Waals surface area contributed by atoms with Crippen LogP contribution in [0, 0.1) is 12.8 Å². The predicted octanol–water partition coefficient (Wildman–Crippen LogP) is 3.58. The number of rotatable bonds is 9. The number of nitrogens with one attached hydrogen (secondary N) is 2. The van der Waals surface area contributed by atoms with Gasteiger partial charge in [0.25, 0.3) is 0 Å². The molecule has 0 saturated carbocycles. The number of hydrogen-bond donors (Lipinski definition) is 2. The third kappa shape index (κ3) is 6.95. The summed E-state index contributed by atoms with van der Waals surface area (Å²) in [5, 5.41) is 6.76. The molecule has 27 heavy (non-hydrogen) atoms. The van der Waals surface area contributed by atoms with E-state index in [1.807, 2.05) is 19.9 Å². The zero-order valence-electron chi connectivity index (χ0n) is 17.2. The monoisotopic (exact) mass is 487 g/mol. The molecule has 1 unspecified atom stereocenters. The minimum absolute atomic E-state index is 0. The molecule has 0 spiro atoms. The van der Waals surface area contributed by atoms with Crippen LogP contribution in [0.25, 0.3) is 11.0 Å². The average Bonchev–Trinajstić information content (AvgIpc) is 2.94. The number of para-hydroxylation sites is 2.